The number of aryl methyl sites for hydroxylation is 1. The van der Waals surface area contributed by atoms with Crippen molar-refractivity contribution in [3.63, 3.8) is 0 Å². The Kier molecular flexibility index (Phi) is 4.68. The Bertz CT molecular complexity index is 915. The minimum atomic E-state index is -0.340. The Morgan fingerprint density at radius 3 is 2.63 bits per heavy atom. The quantitative estimate of drug-likeness (QED) is 0.842. The summed E-state index contributed by atoms with van der Waals surface area (Å²) >= 11 is 0. The van der Waals surface area contributed by atoms with Gasteiger partial charge in [-0.2, -0.15) is 0 Å². The van der Waals surface area contributed by atoms with E-state index in [0.29, 0.717) is 47.8 Å². The standard InChI is InChI=1S/C21H20FNO4/c1-13-10-17(24)16(12-23-6-8-26-9-7-23)21-19(13)20(25)18(27-21)11-14-2-4-15(22)5-3-14/h2-5,10-11,24H,6-9,12H2,1H3/b18-11-. The Hall–Kier alpha value is -2.70. The third-order valence-electron chi connectivity index (χ3n) is 4.87. The highest BCUT2D eigenvalue weighted by Crippen LogP contribution is 2.42. The highest BCUT2D eigenvalue weighted by molar-refractivity contribution is 6.15. The summed E-state index contributed by atoms with van der Waals surface area (Å²) < 4.78 is 24.4. The number of phenolic OH excluding ortho intramolecular Hbond substituents is 1. The zero-order chi connectivity index (χ0) is 19.0. The summed E-state index contributed by atoms with van der Waals surface area (Å²) in [5.41, 5.74) is 2.42. The third kappa shape index (κ3) is 3.46. The predicted octanol–water partition coefficient (Wildman–Crippen LogP) is 3.29. The Balaban J connectivity index is 1.69. The van der Waals surface area contributed by atoms with Gasteiger partial charge in [0.25, 0.3) is 0 Å². The number of carbonyl (C=O) groups excluding carboxylic acids is 1. The van der Waals surface area contributed by atoms with Crippen molar-refractivity contribution in [1.29, 1.82) is 0 Å². The lowest BCUT2D eigenvalue weighted by atomic mass is 9.99. The van der Waals surface area contributed by atoms with Crippen molar-refractivity contribution in [2.45, 2.75) is 13.5 Å². The van der Waals surface area contributed by atoms with Crippen LogP contribution in [-0.2, 0) is 11.3 Å². The average Bonchev–Trinajstić information content (AvgIpc) is 2.98. The molecule has 0 bridgehead atoms. The fourth-order valence-corrected chi connectivity index (χ4v) is 3.43. The molecule has 0 atom stereocenters. The number of allylic oxidation sites excluding steroid dienone is 1. The topological polar surface area (TPSA) is 59.0 Å². The number of aromatic hydroxyl groups is 1. The molecule has 2 aliphatic heterocycles. The lowest BCUT2D eigenvalue weighted by molar-refractivity contribution is 0.0336. The number of phenols is 1. The first-order valence-corrected chi connectivity index (χ1v) is 8.88. The van der Waals surface area contributed by atoms with E-state index < -0.39 is 0 Å². The van der Waals surface area contributed by atoms with Crippen LogP contribution in [0.1, 0.15) is 27.0 Å². The van der Waals surface area contributed by atoms with E-state index in [4.69, 9.17) is 9.47 Å². The minimum Gasteiger partial charge on any atom is -0.507 e. The minimum absolute atomic E-state index is 0.119. The van der Waals surface area contributed by atoms with E-state index in [2.05, 4.69) is 4.90 Å². The lowest BCUT2D eigenvalue weighted by Crippen LogP contribution is -2.35. The van der Waals surface area contributed by atoms with Crippen LogP contribution in [0.2, 0.25) is 0 Å². The lowest BCUT2D eigenvalue weighted by Gasteiger charge is -2.27. The molecule has 2 aromatic carbocycles. The maximum Gasteiger partial charge on any atom is 0.232 e. The van der Waals surface area contributed by atoms with Crippen LogP contribution in [0.5, 0.6) is 11.5 Å². The molecule has 2 aromatic rings. The monoisotopic (exact) mass is 369 g/mol. The van der Waals surface area contributed by atoms with Gasteiger partial charge >= 0.3 is 0 Å². The number of hydrogen-bond acceptors (Lipinski definition) is 5. The van der Waals surface area contributed by atoms with Crippen molar-refractivity contribution >= 4 is 11.9 Å². The van der Waals surface area contributed by atoms with Gasteiger partial charge in [-0.15, -0.1) is 0 Å². The number of carbonyl (C=O) groups is 1. The average molecular weight is 369 g/mol. The summed E-state index contributed by atoms with van der Waals surface area (Å²) in [4.78, 5) is 15.0. The molecule has 1 N–H and O–H groups in total. The van der Waals surface area contributed by atoms with E-state index in [1.165, 1.54) is 12.1 Å². The molecule has 0 spiro atoms. The van der Waals surface area contributed by atoms with E-state index in [-0.39, 0.29) is 23.1 Å². The second-order valence-electron chi connectivity index (χ2n) is 6.78. The summed E-state index contributed by atoms with van der Waals surface area (Å²) in [6.45, 7) is 5.06. The summed E-state index contributed by atoms with van der Waals surface area (Å²) in [7, 11) is 0. The van der Waals surface area contributed by atoms with Crippen LogP contribution in [0.15, 0.2) is 36.1 Å². The predicted molar refractivity (Wildman–Crippen MR) is 98.3 cm³/mol. The molecule has 140 valence electrons. The molecule has 2 heterocycles. The van der Waals surface area contributed by atoms with Crippen molar-refractivity contribution in [3.05, 3.63) is 64.2 Å². The molecular weight excluding hydrogens is 349 g/mol. The van der Waals surface area contributed by atoms with Crippen molar-refractivity contribution < 1.29 is 23.8 Å². The number of morpholine rings is 1. The third-order valence-corrected chi connectivity index (χ3v) is 4.87. The number of halogens is 1. The van der Waals surface area contributed by atoms with Crippen molar-refractivity contribution in [2.75, 3.05) is 26.3 Å². The number of benzene rings is 2. The first kappa shape index (κ1) is 17.7. The smallest absolute Gasteiger partial charge is 0.232 e. The molecule has 0 amide bonds. The molecule has 1 fully saturated rings. The molecular formula is C21H20FNO4. The van der Waals surface area contributed by atoms with Crippen LogP contribution in [0.25, 0.3) is 6.08 Å². The number of nitrogens with zero attached hydrogens (tertiary/aromatic N) is 1. The Morgan fingerprint density at radius 2 is 1.93 bits per heavy atom. The SMILES string of the molecule is Cc1cc(O)c(CN2CCOCC2)c2c1C(=O)/C(=C/c1ccc(F)cc1)O2. The van der Waals surface area contributed by atoms with Crippen molar-refractivity contribution in [3.8, 4) is 11.5 Å². The second-order valence-corrected chi connectivity index (χ2v) is 6.78. The van der Waals surface area contributed by atoms with Gasteiger partial charge in [-0.3, -0.25) is 9.69 Å². The fraction of sp³-hybridized carbons (Fsp3) is 0.286. The molecule has 27 heavy (non-hydrogen) atoms. The number of fused-ring (bicyclic) bond motifs is 1. The van der Waals surface area contributed by atoms with Crippen LogP contribution in [0, 0.1) is 12.7 Å². The van der Waals surface area contributed by atoms with Crippen molar-refractivity contribution in [2.24, 2.45) is 0 Å². The van der Waals surface area contributed by atoms with Gasteiger partial charge in [-0.05, 0) is 42.3 Å². The van der Waals surface area contributed by atoms with Crippen molar-refractivity contribution in [1.82, 2.24) is 4.90 Å². The van der Waals surface area contributed by atoms with E-state index >= 15 is 0 Å². The van der Waals surface area contributed by atoms with Gasteiger partial charge in [0.2, 0.25) is 5.78 Å². The van der Waals surface area contributed by atoms with Crippen LogP contribution < -0.4 is 4.74 Å². The summed E-state index contributed by atoms with van der Waals surface area (Å²) in [5, 5.41) is 10.5. The fourth-order valence-electron chi connectivity index (χ4n) is 3.43. The van der Waals surface area contributed by atoms with Gasteiger partial charge in [0.1, 0.15) is 17.3 Å². The van der Waals surface area contributed by atoms with Crippen LogP contribution in [0.3, 0.4) is 0 Å². The largest absolute Gasteiger partial charge is 0.507 e. The van der Waals surface area contributed by atoms with Gasteiger partial charge < -0.3 is 14.6 Å². The first-order chi connectivity index (χ1) is 13.0. The second kappa shape index (κ2) is 7.13. The summed E-state index contributed by atoms with van der Waals surface area (Å²) in [6, 6.07) is 7.44. The van der Waals surface area contributed by atoms with E-state index in [9.17, 15) is 14.3 Å². The van der Waals surface area contributed by atoms with Gasteiger partial charge in [0, 0.05) is 19.6 Å². The number of hydrogen-bond donors (Lipinski definition) is 1. The van der Waals surface area contributed by atoms with Gasteiger partial charge in [-0.25, -0.2) is 4.39 Å². The first-order valence-electron chi connectivity index (χ1n) is 8.88. The van der Waals surface area contributed by atoms with E-state index in [1.807, 2.05) is 0 Å². The Labute approximate surface area is 156 Å². The molecule has 6 heteroatoms. The highest BCUT2D eigenvalue weighted by atomic mass is 19.1. The molecule has 0 aliphatic carbocycles. The van der Waals surface area contributed by atoms with Gasteiger partial charge in [0.15, 0.2) is 5.76 Å². The van der Waals surface area contributed by atoms with Crippen LogP contribution in [-0.4, -0.2) is 42.1 Å². The number of ketones is 1. The Morgan fingerprint density at radius 1 is 1.22 bits per heavy atom. The van der Waals surface area contributed by atoms with Crippen LogP contribution in [0.4, 0.5) is 4.39 Å². The molecule has 0 saturated carbocycles. The molecule has 5 nitrogen and oxygen atoms in total. The van der Waals surface area contributed by atoms with Crippen LogP contribution >= 0.6 is 0 Å². The molecule has 0 unspecified atom stereocenters. The normalized spacial score (nSPS) is 18.6. The molecule has 0 aromatic heterocycles. The molecule has 4 rings (SSSR count). The molecule has 1 saturated heterocycles. The molecule has 0 radical (unpaired) electrons. The number of rotatable bonds is 3. The zero-order valence-electron chi connectivity index (χ0n) is 15.0. The maximum atomic E-state index is 13.1. The van der Waals surface area contributed by atoms with E-state index in [0.717, 1.165) is 13.1 Å². The molecule has 2 aliphatic rings. The van der Waals surface area contributed by atoms with Gasteiger partial charge in [0.05, 0.1) is 24.3 Å². The number of ether oxygens (including phenoxy) is 2. The zero-order valence-corrected chi connectivity index (χ0v) is 15.0. The van der Waals surface area contributed by atoms with Gasteiger partial charge in [-0.1, -0.05) is 12.1 Å². The summed E-state index contributed by atoms with van der Waals surface area (Å²) in [5.74, 6) is 0.141. The van der Waals surface area contributed by atoms with E-state index in [1.54, 1.807) is 31.2 Å². The maximum absolute atomic E-state index is 13.1. The number of Topliss-reactive ketones (excluding diaryl/α,β-unsaturated/α-hetero) is 1. The summed E-state index contributed by atoms with van der Waals surface area (Å²) in [6.07, 6.45) is 1.59. The highest BCUT2D eigenvalue weighted by Gasteiger charge is 2.33.